The van der Waals surface area contributed by atoms with Gasteiger partial charge in [-0.1, -0.05) is 0 Å². The number of rotatable bonds is 3. The largest absolute Gasteiger partial charge is 0.367 e. The molecule has 0 saturated carbocycles. The maximum Gasteiger partial charge on any atom is 0.256 e. The summed E-state index contributed by atoms with van der Waals surface area (Å²) in [5.74, 6) is 0.890. The summed E-state index contributed by atoms with van der Waals surface area (Å²) < 4.78 is 0. The lowest BCUT2D eigenvalue weighted by Gasteiger charge is -2.09. The first-order valence-corrected chi connectivity index (χ1v) is 6.39. The third kappa shape index (κ3) is 2.66. The van der Waals surface area contributed by atoms with Crippen molar-refractivity contribution in [2.24, 2.45) is 0 Å². The van der Waals surface area contributed by atoms with Gasteiger partial charge in [-0.15, -0.1) is 0 Å². The molecule has 1 aromatic rings. The number of hydrogen-bond acceptors (Lipinski definition) is 3. The van der Waals surface area contributed by atoms with Gasteiger partial charge in [-0.05, 0) is 18.6 Å². The summed E-state index contributed by atoms with van der Waals surface area (Å²) in [5.41, 5.74) is -0.0548. The quantitative estimate of drug-likeness (QED) is 0.826. The number of aromatic amines is 1. The molecular weight excluding hydrogens is 224 g/mol. The van der Waals surface area contributed by atoms with Crippen LogP contribution in [0.3, 0.4) is 0 Å². The van der Waals surface area contributed by atoms with Crippen molar-refractivity contribution < 1.29 is 4.79 Å². The maximum atomic E-state index is 11.7. The van der Waals surface area contributed by atoms with E-state index in [9.17, 15) is 9.59 Å². The molecule has 2 heterocycles. The standard InChI is InChI=1S/C11H14N2O2S/c14-10-3-4-12-7-9(10)11(15)13-6-8-2-1-5-16-8/h3-4,7-8H,1-2,5-6H2,(H,12,14)(H,13,15). The van der Waals surface area contributed by atoms with E-state index in [1.165, 1.54) is 30.6 Å². The van der Waals surface area contributed by atoms with E-state index in [4.69, 9.17) is 0 Å². The molecule has 1 fully saturated rings. The Labute approximate surface area is 97.8 Å². The van der Waals surface area contributed by atoms with E-state index in [2.05, 4.69) is 10.3 Å². The Balaban J connectivity index is 1.93. The molecule has 0 radical (unpaired) electrons. The van der Waals surface area contributed by atoms with Gasteiger partial charge in [0.1, 0.15) is 5.56 Å². The normalized spacial score (nSPS) is 19.6. The maximum absolute atomic E-state index is 11.7. The second-order valence-corrected chi connectivity index (χ2v) is 5.18. The van der Waals surface area contributed by atoms with E-state index >= 15 is 0 Å². The smallest absolute Gasteiger partial charge is 0.256 e. The van der Waals surface area contributed by atoms with E-state index < -0.39 is 0 Å². The molecule has 4 nitrogen and oxygen atoms in total. The molecule has 1 aromatic heterocycles. The molecule has 1 unspecified atom stereocenters. The zero-order valence-corrected chi connectivity index (χ0v) is 9.68. The van der Waals surface area contributed by atoms with Crippen LogP contribution in [0.15, 0.2) is 23.3 Å². The Bertz CT molecular complexity index is 424. The van der Waals surface area contributed by atoms with Gasteiger partial charge in [0, 0.05) is 30.3 Å². The Morgan fingerprint density at radius 2 is 2.50 bits per heavy atom. The van der Waals surface area contributed by atoms with Crippen molar-refractivity contribution in [1.82, 2.24) is 10.3 Å². The molecule has 16 heavy (non-hydrogen) atoms. The molecule has 2 rings (SSSR count). The average molecular weight is 238 g/mol. The monoisotopic (exact) mass is 238 g/mol. The molecule has 1 saturated heterocycles. The Morgan fingerprint density at radius 1 is 1.62 bits per heavy atom. The lowest BCUT2D eigenvalue weighted by molar-refractivity contribution is 0.0952. The minimum Gasteiger partial charge on any atom is -0.367 e. The predicted octanol–water partition coefficient (Wildman–Crippen LogP) is 1.00. The number of nitrogens with one attached hydrogen (secondary N) is 2. The second-order valence-electron chi connectivity index (χ2n) is 3.77. The molecule has 1 atom stereocenters. The van der Waals surface area contributed by atoms with Crippen molar-refractivity contribution in [3.63, 3.8) is 0 Å². The first-order chi connectivity index (χ1) is 7.77. The summed E-state index contributed by atoms with van der Waals surface area (Å²) in [7, 11) is 0. The fourth-order valence-electron chi connectivity index (χ4n) is 1.70. The van der Waals surface area contributed by atoms with Crippen LogP contribution in [0.25, 0.3) is 0 Å². The van der Waals surface area contributed by atoms with Crippen LogP contribution in [0.2, 0.25) is 0 Å². The van der Waals surface area contributed by atoms with Crippen molar-refractivity contribution in [1.29, 1.82) is 0 Å². The number of carbonyl (C=O) groups is 1. The first-order valence-electron chi connectivity index (χ1n) is 5.34. The molecule has 1 aliphatic heterocycles. The van der Waals surface area contributed by atoms with Crippen LogP contribution in [-0.2, 0) is 0 Å². The van der Waals surface area contributed by atoms with Crippen molar-refractivity contribution in [2.75, 3.05) is 12.3 Å². The third-order valence-corrected chi connectivity index (χ3v) is 3.98. The van der Waals surface area contributed by atoms with Crippen LogP contribution in [0.5, 0.6) is 0 Å². The van der Waals surface area contributed by atoms with Gasteiger partial charge in [-0.25, -0.2) is 0 Å². The van der Waals surface area contributed by atoms with Gasteiger partial charge in [0.15, 0.2) is 5.43 Å². The Kier molecular flexibility index (Phi) is 3.66. The van der Waals surface area contributed by atoms with E-state index in [-0.39, 0.29) is 16.9 Å². The summed E-state index contributed by atoms with van der Waals surface area (Å²) in [6.45, 7) is 0.651. The summed E-state index contributed by atoms with van der Waals surface area (Å²) >= 11 is 1.88. The SMILES string of the molecule is O=C(NCC1CCCS1)c1c[nH]ccc1=O. The number of carbonyl (C=O) groups excluding carboxylic acids is 1. The molecule has 86 valence electrons. The molecule has 2 N–H and O–H groups in total. The molecular formula is C11H14N2O2S. The van der Waals surface area contributed by atoms with Gasteiger partial charge < -0.3 is 10.3 Å². The number of amides is 1. The first kappa shape index (κ1) is 11.3. The van der Waals surface area contributed by atoms with E-state index in [0.717, 1.165) is 6.42 Å². The highest BCUT2D eigenvalue weighted by Gasteiger charge is 2.17. The van der Waals surface area contributed by atoms with Crippen LogP contribution < -0.4 is 10.7 Å². The summed E-state index contributed by atoms with van der Waals surface area (Å²) in [6.07, 6.45) is 5.33. The molecule has 0 spiro atoms. The van der Waals surface area contributed by atoms with Crippen LogP contribution in [0.1, 0.15) is 23.2 Å². The zero-order valence-electron chi connectivity index (χ0n) is 8.86. The number of hydrogen-bond donors (Lipinski definition) is 2. The van der Waals surface area contributed by atoms with E-state index in [1.807, 2.05) is 11.8 Å². The molecule has 1 aliphatic rings. The molecule has 1 amide bonds. The van der Waals surface area contributed by atoms with Gasteiger partial charge in [-0.2, -0.15) is 11.8 Å². The fraction of sp³-hybridized carbons (Fsp3) is 0.455. The van der Waals surface area contributed by atoms with Crippen molar-refractivity contribution >= 4 is 17.7 Å². The fourth-order valence-corrected chi connectivity index (χ4v) is 2.90. The Hall–Kier alpha value is -1.23. The molecule has 0 bridgehead atoms. The van der Waals surface area contributed by atoms with Crippen LogP contribution in [0.4, 0.5) is 0 Å². The van der Waals surface area contributed by atoms with Gasteiger partial charge in [0.05, 0.1) is 0 Å². The third-order valence-electron chi connectivity index (χ3n) is 2.58. The van der Waals surface area contributed by atoms with Crippen LogP contribution in [0, 0.1) is 0 Å². The van der Waals surface area contributed by atoms with Gasteiger partial charge in [0.25, 0.3) is 5.91 Å². The molecule has 5 heteroatoms. The lowest BCUT2D eigenvalue weighted by Crippen LogP contribution is -2.32. The van der Waals surface area contributed by atoms with Crippen molar-refractivity contribution in [3.05, 3.63) is 34.2 Å². The van der Waals surface area contributed by atoms with E-state index in [1.54, 1.807) is 0 Å². The minimum atomic E-state index is -0.283. The number of thioether (sulfide) groups is 1. The van der Waals surface area contributed by atoms with Gasteiger partial charge >= 0.3 is 0 Å². The van der Waals surface area contributed by atoms with Crippen molar-refractivity contribution in [2.45, 2.75) is 18.1 Å². The number of H-pyrrole nitrogens is 1. The average Bonchev–Trinajstić information content (AvgIpc) is 2.79. The summed E-state index contributed by atoms with van der Waals surface area (Å²) in [5, 5.41) is 3.31. The molecule has 0 aromatic carbocycles. The highest BCUT2D eigenvalue weighted by atomic mass is 32.2. The lowest BCUT2D eigenvalue weighted by atomic mass is 10.2. The Morgan fingerprint density at radius 3 is 3.19 bits per heavy atom. The minimum absolute atomic E-state index is 0.186. The van der Waals surface area contributed by atoms with Crippen molar-refractivity contribution in [3.8, 4) is 0 Å². The topological polar surface area (TPSA) is 62.0 Å². The van der Waals surface area contributed by atoms with Gasteiger partial charge in [0.2, 0.25) is 0 Å². The second kappa shape index (κ2) is 5.21. The highest BCUT2D eigenvalue weighted by molar-refractivity contribution is 8.00. The van der Waals surface area contributed by atoms with Crippen LogP contribution >= 0.6 is 11.8 Å². The van der Waals surface area contributed by atoms with Crippen LogP contribution in [-0.4, -0.2) is 28.4 Å². The summed E-state index contributed by atoms with van der Waals surface area (Å²) in [4.78, 5) is 25.8. The van der Waals surface area contributed by atoms with Gasteiger partial charge in [-0.3, -0.25) is 9.59 Å². The number of pyridine rings is 1. The zero-order chi connectivity index (χ0) is 11.4. The highest BCUT2D eigenvalue weighted by Crippen LogP contribution is 2.25. The molecule has 0 aliphatic carbocycles. The summed E-state index contributed by atoms with van der Waals surface area (Å²) in [6, 6.07) is 1.36. The predicted molar refractivity (Wildman–Crippen MR) is 64.9 cm³/mol. The number of aromatic nitrogens is 1. The van der Waals surface area contributed by atoms with E-state index in [0.29, 0.717) is 11.8 Å².